The summed E-state index contributed by atoms with van der Waals surface area (Å²) in [6.07, 6.45) is -0.281. The SMILES string of the molecule is C/C(=C\C=C1/CN=C(c2ccc(C(F)(F)F)cc2)S1)CBr. The molecule has 0 spiro atoms. The van der Waals surface area contributed by atoms with Gasteiger partial charge in [-0.05, 0) is 19.1 Å². The number of thioether (sulfide) groups is 1. The topological polar surface area (TPSA) is 12.4 Å². The molecule has 1 aliphatic heterocycles. The molecule has 0 radical (unpaired) electrons. The molecule has 112 valence electrons. The summed E-state index contributed by atoms with van der Waals surface area (Å²) in [6.45, 7) is 2.59. The van der Waals surface area contributed by atoms with Gasteiger partial charge in [0.15, 0.2) is 0 Å². The van der Waals surface area contributed by atoms with Crippen molar-refractivity contribution in [3.63, 3.8) is 0 Å². The van der Waals surface area contributed by atoms with E-state index in [1.165, 1.54) is 29.5 Å². The first-order chi connectivity index (χ1) is 9.90. The second kappa shape index (κ2) is 6.83. The van der Waals surface area contributed by atoms with Gasteiger partial charge in [-0.3, -0.25) is 4.99 Å². The number of benzene rings is 1. The van der Waals surface area contributed by atoms with Crippen LogP contribution in [0.4, 0.5) is 13.2 Å². The number of rotatable bonds is 3. The monoisotopic (exact) mass is 375 g/mol. The van der Waals surface area contributed by atoms with E-state index in [1.54, 1.807) is 0 Å². The lowest BCUT2D eigenvalue weighted by molar-refractivity contribution is -0.137. The van der Waals surface area contributed by atoms with E-state index >= 15 is 0 Å². The van der Waals surface area contributed by atoms with E-state index in [9.17, 15) is 13.2 Å². The molecule has 0 saturated carbocycles. The van der Waals surface area contributed by atoms with E-state index in [1.807, 2.05) is 19.1 Å². The van der Waals surface area contributed by atoms with E-state index < -0.39 is 11.7 Å². The van der Waals surface area contributed by atoms with Gasteiger partial charge in [0.1, 0.15) is 5.04 Å². The van der Waals surface area contributed by atoms with Gasteiger partial charge in [-0.1, -0.05) is 57.5 Å². The summed E-state index contributed by atoms with van der Waals surface area (Å²) in [5.41, 5.74) is 1.28. The Kier molecular flexibility index (Phi) is 5.32. The van der Waals surface area contributed by atoms with Crippen molar-refractivity contribution in [3.8, 4) is 0 Å². The molecule has 21 heavy (non-hydrogen) atoms. The summed E-state index contributed by atoms with van der Waals surface area (Å²) < 4.78 is 37.5. The Morgan fingerprint density at radius 2 is 2.00 bits per heavy atom. The molecule has 0 amide bonds. The van der Waals surface area contributed by atoms with Crippen molar-refractivity contribution in [1.29, 1.82) is 0 Å². The van der Waals surface area contributed by atoms with Crippen molar-refractivity contribution in [2.45, 2.75) is 13.1 Å². The maximum absolute atomic E-state index is 12.5. The minimum atomic E-state index is -4.30. The molecule has 0 N–H and O–H groups in total. The van der Waals surface area contributed by atoms with Crippen LogP contribution in [0.1, 0.15) is 18.1 Å². The number of aliphatic imine (C=N–C) groups is 1. The lowest BCUT2D eigenvalue weighted by atomic mass is 10.1. The van der Waals surface area contributed by atoms with Gasteiger partial charge >= 0.3 is 6.18 Å². The fraction of sp³-hybridized carbons (Fsp3) is 0.267. The van der Waals surface area contributed by atoms with Gasteiger partial charge in [0.05, 0.1) is 12.1 Å². The van der Waals surface area contributed by atoms with Gasteiger partial charge in [-0.15, -0.1) is 0 Å². The second-order valence-corrected chi connectivity index (χ2v) is 6.25. The quantitative estimate of drug-likeness (QED) is 0.642. The number of halogens is 4. The highest BCUT2D eigenvalue weighted by Gasteiger charge is 2.30. The predicted molar refractivity (Wildman–Crippen MR) is 86.1 cm³/mol. The summed E-state index contributed by atoms with van der Waals surface area (Å²) in [7, 11) is 0. The van der Waals surface area contributed by atoms with Gasteiger partial charge in [-0.2, -0.15) is 13.2 Å². The van der Waals surface area contributed by atoms with Crippen LogP contribution in [-0.2, 0) is 6.18 Å². The summed E-state index contributed by atoms with van der Waals surface area (Å²) >= 11 is 4.87. The second-order valence-electron chi connectivity index (χ2n) is 4.58. The first-order valence-electron chi connectivity index (χ1n) is 6.22. The molecule has 0 unspecified atom stereocenters. The lowest BCUT2D eigenvalue weighted by Gasteiger charge is -2.07. The molecule has 0 aromatic heterocycles. The minimum absolute atomic E-state index is 0.576. The minimum Gasteiger partial charge on any atom is -0.272 e. The maximum atomic E-state index is 12.5. The zero-order valence-corrected chi connectivity index (χ0v) is 13.6. The van der Waals surface area contributed by atoms with Crippen LogP contribution in [0.15, 0.2) is 51.9 Å². The smallest absolute Gasteiger partial charge is 0.272 e. The Labute approximate surface area is 134 Å². The number of hydrogen-bond donors (Lipinski definition) is 0. The molecule has 0 fully saturated rings. The molecular formula is C15H13BrF3NS. The molecule has 0 bridgehead atoms. The summed E-state index contributed by atoms with van der Waals surface area (Å²) in [4.78, 5) is 5.46. The fourth-order valence-electron chi connectivity index (χ4n) is 1.66. The van der Waals surface area contributed by atoms with Crippen molar-refractivity contribution in [3.05, 3.63) is 58.0 Å². The molecule has 1 aromatic carbocycles. The van der Waals surface area contributed by atoms with Crippen molar-refractivity contribution < 1.29 is 13.2 Å². The standard InChI is InChI=1S/C15H13BrF3NS/c1-10(8-16)2-7-13-9-20-14(21-13)11-3-5-12(6-4-11)15(17,18)19/h2-7H,8-9H2,1H3/b10-2+,13-7+. The van der Waals surface area contributed by atoms with Gasteiger partial charge in [-0.25, -0.2) is 0 Å². The van der Waals surface area contributed by atoms with Crippen LogP contribution in [0.2, 0.25) is 0 Å². The zero-order valence-electron chi connectivity index (χ0n) is 11.2. The first-order valence-corrected chi connectivity index (χ1v) is 8.16. The predicted octanol–water partition coefficient (Wildman–Crippen LogP) is 5.42. The number of allylic oxidation sites excluding steroid dienone is 3. The molecule has 0 saturated heterocycles. The van der Waals surface area contributed by atoms with Gasteiger partial charge in [0.2, 0.25) is 0 Å². The summed E-state index contributed by atoms with van der Waals surface area (Å²) in [5.74, 6) is 0. The Hall–Kier alpha value is -1.01. The van der Waals surface area contributed by atoms with Crippen molar-refractivity contribution >= 4 is 32.7 Å². The third-order valence-electron chi connectivity index (χ3n) is 2.83. The molecule has 6 heteroatoms. The Bertz CT molecular complexity index is 600. The molecule has 1 aromatic rings. The van der Waals surface area contributed by atoms with Crippen molar-refractivity contribution in [2.24, 2.45) is 4.99 Å². The maximum Gasteiger partial charge on any atom is 0.416 e. The summed E-state index contributed by atoms with van der Waals surface area (Å²) in [6, 6.07) is 5.12. The lowest BCUT2D eigenvalue weighted by Crippen LogP contribution is -2.05. The van der Waals surface area contributed by atoms with E-state index in [0.717, 1.165) is 33.0 Å². The van der Waals surface area contributed by atoms with Crippen LogP contribution < -0.4 is 0 Å². The van der Waals surface area contributed by atoms with E-state index in [4.69, 9.17) is 0 Å². The van der Waals surface area contributed by atoms with Crippen LogP contribution in [0, 0.1) is 0 Å². The molecular weight excluding hydrogens is 363 g/mol. The Morgan fingerprint density at radius 1 is 1.33 bits per heavy atom. The highest BCUT2D eigenvalue weighted by Crippen LogP contribution is 2.32. The van der Waals surface area contributed by atoms with Crippen LogP contribution in [0.25, 0.3) is 0 Å². The molecule has 1 nitrogen and oxygen atoms in total. The van der Waals surface area contributed by atoms with E-state index in [0.29, 0.717) is 6.54 Å². The fourth-order valence-corrected chi connectivity index (χ4v) is 2.74. The summed E-state index contributed by atoms with van der Waals surface area (Å²) in [5, 5.41) is 1.58. The van der Waals surface area contributed by atoms with Crippen molar-refractivity contribution in [2.75, 3.05) is 11.9 Å². The van der Waals surface area contributed by atoms with Crippen LogP contribution in [0.5, 0.6) is 0 Å². The number of alkyl halides is 4. The van der Waals surface area contributed by atoms with Crippen LogP contribution in [0.3, 0.4) is 0 Å². The zero-order chi connectivity index (χ0) is 15.5. The van der Waals surface area contributed by atoms with Gasteiger partial charge in [0.25, 0.3) is 0 Å². The number of nitrogens with zero attached hydrogens (tertiary/aromatic N) is 1. The average molecular weight is 376 g/mol. The normalized spacial score (nSPS) is 18.2. The van der Waals surface area contributed by atoms with E-state index in [2.05, 4.69) is 20.9 Å². The first kappa shape index (κ1) is 16.4. The molecule has 0 aliphatic carbocycles. The average Bonchev–Trinajstić information content (AvgIpc) is 2.93. The highest BCUT2D eigenvalue weighted by molar-refractivity contribution is 9.09. The molecule has 1 aliphatic rings. The molecule has 1 heterocycles. The van der Waals surface area contributed by atoms with Crippen molar-refractivity contribution in [1.82, 2.24) is 0 Å². The largest absolute Gasteiger partial charge is 0.416 e. The van der Waals surface area contributed by atoms with Crippen LogP contribution in [-0.4, -0.2) is 16.9 Å². The van der Waals surface area contributed by atoms with E-state index in [-0.39, 0.29) is 0 Å². The highest BCUT2D eigenvalue weighted by atomic mass is 79.9. The Morgan fingerprint density at radius 3 is 2.57 bits per heavy atom. The third kappa shape index (κ3) is 4.48. The van der Waals surface area contributed by atoms with Gasteiger partial charge < -0.3 is 0 Å². The molecule has 0 atom stereocenters. The third-order valence-corrected chi connectivity index (χ3v) is 4.80. The van der Waals surface area contributed by atoms with Crippen LogP contribution >= 0.6 is 27.7 Å². The molecule has 2 rings (SSSR count). The van der Waals surface area contributed by atoms with Gasteiger partial charge in [0, 0.05) is 15.8 Å². The number of hydrogen-bond acceptors (Lipinski definition) is 2. The Balaban J connectivity index is 2.08.